The third-order valence-corrected chi connectivity index (χ3v) is 3.58. The van der Waals surface area contributed by atoms with Crippen LogP contribution in [0.1, 0.15) is 45.3 Å². The topological polar surface area (TPSA) is 89.9 Å². The Morgan fingerprint density at radius 1 is 1.36 bits per heavy atom. The van der Waals surface area contributed by atoms with Gasteiger partial charge in [0.2, 0.25) is 17.7 Å². The highest BCUT2D eigenvalue weighted by atomic mass is 16.5. The van der Waals surface area contributed by atoms with Crippen molar-refractivity contribution in [3.05, 3.63) is 18.0 Å². The molecule has 1 aliphatic rings. The Bertz CT molecular complexity index is 669. The second-order valence-corrected chi connectivity index (χ2v) is 6.44. The minimum Gasteiger partial charge on any atom is -0.339 e. The number of hydrogen-bond donors (Lipinski definition) is 0. The maximum atomic E-state index is 12.4. The monoisotopic (exact) mass is 304 g/mol. The van der Waals surface area contributed by atoms with Crippen LogP contribution in [0.5, 0.6) is 0 Å². The second-order valence-electron chi connectivity index (χ2n) is 6.44. The number of fused-ring (bicyclic) bond motifs is 1. The average molecular weight is 304 g/mol. The van der Waals surface area contributed by atoms with Crippen LogP contribution in [0.25, 0.3) is 0 Å². The van der Waals surface area contributed by atoms with Gasteiger partial charge in [0.05, 0.1) is 0 Å². The first-order valence-electron chi connectivity index (χ1n) is 7.46. The second kappa shape index (κ2) is 5.51. The maximum absolute atomic E-state index is 12.4. The Morgan fingerprint density at radius 3 is 2.91 bits per heavy atom. The van der Waals surface area contributed by atoms with E-state index >= 15 is 0 Å². The summed E-state index contributed by atoms with van der Waals surface area (Å²) in [6.45, 7) is 7.54. The molecule has 0 N–H and O–H groups in total. The molecule has 8 nitrogen and oxygen atoms in total. The van der Waals surface area contributed by atoms with Crippen molar-refractivity contribution in [2.24, 2.45) is 0 Å². The van der Waals surface area contributed by atoms with E-state index in [2.05, 4.69) is 20.2 Å². The van der Waals surface area contributed by atoms with Crippen LogP contribution in [0.4, 0.5) is 5.95 Å². The summed E-state index contributed by atoms with van der Waals surface area (Å²) in [7, 11) is 0. The maximum Gasteiger partial charge on any atom is 0.230 e. The number of carbonyl (C=O) groups is 1. The minimum atomic E-state index is -0.158. The van der Waals surface area contributed by atoms with E-state index < -0.39 is 0 Å². The van der Waals surface area contributed by atoms with E-state index in [1.54, 1.807) is 9.58 Å². The van der Waals surface area contributed by atoms with Crippen molar-refractivity contribution >= 4 is 11.9 Å². The Morgan fingerprint density at radius 2 is 2.18 bits per heavy atom. The lowest BCUT2D eigenvalue weighted by Crippen LogP contribution is -2.38. The molecule has 2 aromatic heterocycles. The van der Waals surface area contributed by atoms with E-state index in [1.807, 2.05) is 20.8 Å². The molecule has 0 fully saturated rings. The molecule has 0 saturated carbocycles. The van der Waals surface area contributed by atoms with Gasteiger partial charge in [-0.3, -0.25) is 9.69 Å². The molecule has 3 rings (SSSR count). The van der Waals surface area contributed by atoms with Gasteiger partial charge in [0, 0.05) is 31.3 Å². The molecule has 0 aliphatic carbocycles. The van der Waals surface area contributed by atoms with Crippen molar-refractivity contribution in [1.82, 2.24) is 24.9 Å². The smallest absolute Gasteiger partial charge is 0.230 e. The SMILES string of the molecule is CC(C)(C)c1noc(CCC(=O)N2CCCn3ncnc32)n1. The van der Waals surface area contributed by atoms with Crippen LogP contribution in [0, 0.1) is 0 Å². The van der Waals surface area contributed by atoms with Crippen LogP contribution in [0.3, 0.4) is 0 Å². The van der Waals surface area contributed by atoms with E-state index in [1.165, 1.54) is 6.33 Å². The number of hydrogen-bond acceptors (Lipinski definition) is 6. The van der Waals surface area contributed by atoms with Crippen LogP contribution in [0.2, 0.25) is 0 Å². The van der Waals surface area contributed by atoms with Crippen molar-refractivity contribution in [2.45, 2.75) is 52.0 Å². The molecule has 0 aromatic carbocycles. The van der Waals surface area contributed by atoms with E-state index in [9.17, 15) is 4.79 Å². The third kappa shape index (κ3) is 2.86. The number of rotatable bonds is 3. The first-order valence-corrected chi connectivity index (χ1v) is 7.46. The lowest BCUT2D eigenvalue weighted by molar-refractivity contribution is -0.118. The van der Waals surface area contributed by atoms with Crippen molar-refractivity contribution in [1.29, 1.82) is 0 Å². The number of anilines is 1. The Balaban J connectivity index is 1.63. The summed E-state index contributed by atoms with van der Waals surface area (Å²) in [6.07, 6.45) is 3.12. The zero-order chi connectivity index (χ0) is 15.7. The number of nitrogens with zero attached hydrogens (tertiary/aromatic N) is 6. The molecule has 3 heterocycles. The van der Waals surface area contributed by atoms with Gasteiger partial charge in [-0.05, 0) is 6.42 Å². The summed E-state index contributed by atoms with van der Waals surface area (Å²) in [5.74, 6) is 1.78. The first-order chi connectivity index (χ1) is 10.4. The van der Waals surface area contributed by atoms with Crippen LogP contribution in [-0.4, -0.2) is 37.4 Å². The standard InChI is InChI=1S/C14H20N6O2/c1-14(2,3)12-17-10(22-18-12)5-6-11(21)19-7-4-8-20-13(19)15-9-16-20/h9H,4-8H2,1-3H3. The van der Waals surface area contributed by atoms with Gasteiger partial charge in [-0.2, -0.15) is 15.1 Å². The molecule has 1 amide bonds. The molecule has 22 heavy (non-hydrogen) atoms. The Kier molecular flexibility index (Phi) is 3.67. The predicted molar refractivity (Wildman–Crippen MR) is 78.3 cm³/mol. The number of amides is 1. The van der Waals surface area contributed by atoms with Crippen LogP contribution < -0.4 is 4.90 Å². The normalized spacial score (nSPS) is 15.0. The molecule has 2 aromatic rings. The van der Waals surface area contributed by atoms with Crippen molar-refractivity contribution in [3.63, 3.8) is 0 Å². The molecular formula is C14H20N6O2. The Labute approximate surface area is 128 Å². The average Bonchev–Trinajstić information content (AvgIpc) is 3.12. The molecular weight excluding hydrogens is 284 g/mol. The van der Waals surface area contributed by atoms with Crippen molar-refractivity contribution < 1.29 is 9.32 Å². The molecule has 1 aliphatic heterocycles. The Hall–Kier alpha value is -2.25. The van der Waals surface area contributed by atoms with Crippen molar-refractivity contribution in [3.8, 4) is 0 Å². The quantitative estimate of drug-likeness (QED) is 0.849. The highest BCUT2D eigenvalue weighted by Crippen LogP contribution is 2.20. The summed E-state index contributed by atoms with van der Waals surface area (Å²) < 4.78 is 6.97. The van der Waals surface area contributed by atoms with Gasteiger partial charge in [-0.15, -0.1) is 0 Å². The number of aromatic nitrogens is 5. The molecule has 8 heteroatoms. The summed E-state index contributed by atoms with van der Waals surface area (Å²) >= 11 is 0. The third-order valence-electron chi connectivity index (χ3n) is 3.58. The van der Waals surface area contributed by atoms with Crippen molar-refractivity contribution in [2.75, 3.05) is 11.4 Å². The fraction of sp³-hybridized carbons (Fsp3) is 0.643. The molecule has 118 valence electrons. The predicted octanol–water partition coefficient (Wildman–Crippen LogP) is 1.33. The summed E-state index contributed by atoms with van der Waals surface area (Å²) in [6, 6.07) is 0. The van der Waals surface area contributed by atoms with E-state index in [4.69, 9.17) is 4.52 Å². The molecule has 0 radical (unpaired) electrons. The lowest BCUT2D eigenvalue weighted by atomic mass is 9.96. The van der Waals surface area contributed by atoms with Crippen LogP contribution >= 0.6 is 0 Å². The van der Waals surface area contributed by atoms with E-state index in [0.29, 0.717) is 37.0 Å². The number of aryl methyl sites for hydroxylation is 2. The summed E-state index contributed by atoms with van der Waals surface area (Å²) in [5.41, 5.74) is -0.158. The number of carbonyl (C=O) groups excluding carboxylic acids is 1. The van der Waals surface area contributed by atoms with Crippen LogP contribution in [-0.2, 0) is 23.2 Å². The lowest BCUT2D eigenvalue weighted by Gasteiger charge is -2.25. The van der Waals surface area contributed by atoms with Gasteiger partial charge in [-0.1, -0.05) is 25.9 Å². The highest BCUT2D eigenvalue weighted by Gasteiger charge is 2.25. The molecule has 0 unspecified atom stereocenters. The van der Waals surface area contributed by atoms with Gasteiger partial charge in [-0.25, -0.2) is 4.68 Å². The highest BCUT2D eigenvalue weighted by molar-refractivity contribution is 5.91. The zero-order valence-corrected chi connectivity index (χ0v) is 13.1. The molecule has 0 spiro atoms. The van der Waals surface area contributed by atoms with E-state index in [-0.39, 0.29) is 11.3 Å². The molecule has 0 atom stereocenters. The van der Waals surface area contributed by atoms with Gasteiger partial charge in [0.15, 0.2) is 5.82 Å². The van der Waals surface area contributed by atoms with Gasteiger partial charge in [0.25, 0.3) is 0 Å². The van der Waals surface area contributed by atoms with E-state index in [0.717, 1.165) is 13.0 Å². The first kappa shape index (κ1) is 14.7. The summed E-state index contributed by atoms with van der Waals surface area (Å²) in [5, 5.41) is 8.08. The zero-order valence-electron chi connectivity index (χ0n) is 13.1. The largest absolute Gasteiger partial charge is 0.339 e. The fourth-order valence-electron chi connectivity index (χ4n) is 2.35. The molecule has 0 saturated heterocycles. The van der Waals surface area contributed by atoms with Gasteiger partial charge < -0.3 is 4.52 Å². The van der Waals surface area contributed by atoms with Crippen LogP contribution in [0.15, 0.2) is 10.9 Å². The minimum absolute atomic E-state index is 0.00413. The molecule has 0 bridgehead atoms. The summed E-state index contributed by atoms with van der Waals surface area (Å²) in [4.78, 5) is 22.6. The fourth-order valence-corrected chi connectivity index (χ4v) is 2.35. The van der Waals surface area contributed by atoms with Gasteiger partial charge >= 0.3 is 0 Å². The van der Waals surface area contributed by atoms with Gasteiger partial charge in [0.1, 0.15) is 6.33 Å².